The van der Waals surface area contributed by atoms with Crippen LogP contribution in [0.3, 0.4) is 0 Å². The van der Waals surface area contributed by atoms with Crippen molar-refractivity contribution in [3.63, 3.8) is 0 Å². The molecule has 30 heavy (non-hydrogen) atoms. The van der Waals surface area contributed by atoms with Gasteiger partial charge in [0.1, 0.15) is 0 Å². The maximum atomic E-state index is 14.3. The van der Waals surface area contributed by atoms with Crippen molar-refractivity contribution in [2.75, 3.05) is 6.61 Å². The van der Waals surface area contributed by atoms with Crippen molar-refractivity contribution in [3.05, 3.63) is 82.5 Å². The molecule has 0 fully saturated rings. The van der Waals surface area contributed by atoms with Crippen LogP contribution >= 0.6 is 0 Å². The molecule has 0 amide bonds. The SMILES string of the molecule is CCCCOC(=O)c1c(C(F)(F)F)c2n(c1-c1ccccc1)Cc1ccccc1C2. The summed E-state index contributed by atoms with van der Waals surface area (Å²) in [6.45, 7) is 2.31. The quantitative estimate of drug-likeness (QED) is 0.293. The molecule has 0 saturated heterocycles. The van der Waals surface area contributed by atoms with Gasteiger partial charge in [0, 0.05) is 18.7 Å². The Morgan fingerprint density at radius 1 is 1.03 bits per heavy atom. The second-order valence-corrected chi connectivity index (χ2v) is 7.43. The predicted molar refractivity (Wildman–Crippen MR) is 108 cm³/mol. The topological polar surface area (TPSA) is 31.2 Å². The number of aromatic nitrogens is 1. The molecule has 2 aromatic carbocycles. The Hall–Kier alpha value is -3.02. The molecule has 6 heteroatoms. The highest BCUT2D eigenvalue weighted by molar-refractivity contribution is 5.99. The lowest BCUT2D eigenvalue weighted by molar-refractivity contribution is -0.138. The Morgan fingerprint density at radius 2 is 1.70 bits per heavy atom. The first kappa shape index (κ1) is 20.3. The van der Waals surface area contributed by atoms with E-state index in [0.717, 1.165) is 17.5 Å². The number of hydrogen-bond donors (Lipinski definition) is 0. The van der Waals surface area contributed by atoms with Crippen LogP contribution in [0.2, 0.25) is 0 Å². The average Bonchev–Trinajstić information content (AvgIpc) is 3.07. The van der Waals surface area contributed by atoms with Crippen LogP contribution < -0.4 is 0 Å². The summed E-state index contributed by atoms with van der Waals surface area (Å²) in [5.74, 6) is -0.916. The van der Waals surface area contributed by atoms with E-state index < -0.39 is 17.7 Å². The van der Waals surface area contributed by atoms with Gasteiger partial charge in [0.25, 0.3) is 0 Å². The van der Waals surface area contributed by atoms with Gasteiger partial charge in [0.15, 0.2) is 0 Å². The monoisotopic (exact) mass is 413 g/mol. The van der Waals surface area contributed by atoms with Crippen LogP contribution in [0.15, 0.2) is 54.6 Å². The summed E-state index contributed by atoms with van der Waals surface area (Å²) >= 11 is 0. The lowest BCUT2D eigenvalue weighted by Gasteiger charge is -2.22. The standard InChI is InChI=1S/C24H22F3NO2/c1-2-3-13-30-23(29)20-21(24(25,26)27)19-14-17-11-7-8-12-18(17)15-28(19)22(20)16-9-5-4-6-10-16/h4-12H,2-3,13-15H2,1H3. The van der Waals surface area contributed by atoms with E-state index in [2.05, 4.69) is 0 Å². The van der Waals surface area contributed by atoms with Gasteiger partial charge in [-0.15, -0.1) is 0 Å². The molecule has 2 heterocycles. The molecular weight excluding hydrogens is 391 g/mol. The molecule has 1 aliphatic heterocycles. The number of carbonyl (C=O) groups excluding carboxylic acids is 1. The third-order valence-corrected chi connectivity index (χ3v) is 5.44. The first-order valence-electron chi connectivity index (χ1n) is 10.0. The van der Waals surface area contributed by atoms with Crippen LogP contribution in [0.25, 0.3) is 11.3 Å². The number of unbranched alkanes of at least 4 members (excludes halogenated alkanes) is 1. The van der Waals surface area contributed by atoms with Crippen LogP contribution in [-0.2, 0) is 23.9 Å². The third kappa shape index (κ3) is 3.62. The Labute approximate surface area is 173 Å². The number of carbonyl (C=O) groups is 1. The summed E-state index contributed by atoms with van der Waals surface area (Å²) in [6.07, 6.45) is -3.16. The predicted octanol–water partition coefficient (Wildman–Crippen LogP) is 6.08. The van der Waals surface area contributed by atoms with Crippen LogP contribution in [-0.4, -0.2) is 17.1 Å². The van der Waals surface area contributed by atoms with E-state index in [4.69, 9.17) is 4.74 Å². The van der Waals surface area contributed by atoms with Crippen molar-refractivity contribution in [2.24, 2.45) is 0 Å². The highest BCUT2D eigenvalue weighted by Gasteiger charge is 2.44. The van der Waals surface area contributed by atoms with Crippen molar-refractivity contribution in [1.29, 1.82) is 0 Å². The van der Waals surface area contributed by atoms with Crippen molar-refractivity contribution in [3.8, 4) is 11.3 Å². The number of rotatable bonds is 5. The fourth-order valence-electron chi connectivity index (χ4n) is 4.04. The number of nitrogens with zero attached hydrogens (tertiary/aromatic N) is 1. The van der Waals surface area contributed by atoms with Gasteiger partial charge in [-0.1, -0.05) is 67.9 Å². The molecule has 0 aliphatic carbocycles. The van der Waals surface area contributed by atoms with E-state index in [-0.39, 0.29) is 36.5 Å². The molecule has 0 radical (unpaired) electrons. The fourth-order valence-corrected chi connectivity index (χ4v) is 4.04. The molecular formula is C24H22F3NO2. The highest BCUT2D eigenvalue weighted by Crippen LogP contribution is 2.44. The zero-order valence-electron chi connectivity index (χ0n) is 16.6. The second kappa shape index (κ2) is 8.01. The molecule has 0 saturated carbocycles. The maximum Gasteiger partial charge on any atom is 0.419 e. The van der Waals surface area contributed by atoms with E-state index >= 15 is 0 Å². The summed E-state index contributed by atoms with van der Waals surface area (Å²) in [5.41, 5.74) is 1.49. The molecule has 156 valence electrons. The van der Waals surface area contributed by atoms with Crippen LogP contribution in [0.5, 0.6) is 0 Å². The van der Waals surface area contributed by atoms with Crippen molar-refractivity contribution in [1.82, 2.24) is 4.57 Å². The first-order valence-corrected chi connectivity index (χ1v) is 10.0. The Kier molecular flexibility index (Phi) is 5.41. The van der Waals surface area contributed by atoms with Gasteiger partial charge in [-0.25, -0.2) is 4.79 Å². The smallest absolute Gasteiger partial charge is 0.419 e. The van der Waals surface area contributed by atoms with E-state index in [1.165, 1.54) is 0 Å². The number of hydrogen-bond acceptors (Lipinski definition) is 2. The molecule has 4 rings (SSSR count). The summed E-state index contributed by atoms with van der Waals surface area (Å²) in [4.78, 5) is 12.9. The Bertz CT molecular complexity index is 1070. The molecule has 1 aromatic heterocycles. The van der Waals surface area contributed by atoms with Gasteiger partial charge >= 0.3 is 12.1 Å². The number of alkyl halides is 3. The van der Waals surface area contributed by atoms with Gasteiger partial charge in [-0.05, 0) is 23.1 Å². The van der Waals surface area contributed by atoms with E-state index in [1.54, 1.807) is 34.9 Å². The molecule has 0 unspecified atom stereocenters. The van der Waals surface area contributed by atoms with Gasteiger partial charge < -0.3 is 9.30 Å². The van der Waals surface area contributed by atoms with Crippen molar-refractivity contribution >= 4 is 5.97 Å². The van der Waals surface area contributed by atoms with Gasteiger partial charge in [0.2, 0.25) is 0 Å². The average molecular weight is 413 g/mol. The van der Waals surface area contributed by atoms with Gasteiger partial charge in [-0.3, -0.25) is 0 Å². The Balaban J connectivity index is 1.96. The molecule has 0 spiro atoms. The van der Waals surface area contributed by atoms with Crippen LogP contribution in [0, 0.1) is 0 Å². The van der Waals surface area contributed by atoms with Crippen molar-refractivity contribution in [2.45, 2.75) is 38.9 Å². The summed E-state index contributed by atoms with van der Waals surface area (Å²) < 4.78 is 49.7. The van der Waals surface area contributed by atoms with Crippen molar-refractivity contribution < 1.29 is 22.7 Å². The molecule has 0 N–H and O–H groups in total. The minimum absolute atomic E-state index is 0.0988. The first-order chi connectivity index (χ1) is 14.4. The molecule has 1 aliphatic rings. The maximum absolute atomic E-state index is 14.3. The largest absolute Gasteiger partial charge is 0.462 e. The highest BCUT2D eigenvalue weighted by atomic mass is 19.4. The summed E-state index contributed by atoms with van der Waals surface area (Å²) in [7, 11) is 0. The molecule has 3 nitrogen and oxygen atoms in total. The molecule has 0 atom stereocenters. The number of ether oxygens (including phenoxy) is 1. The number of fused-ring (bicyclic) bond motifs is 2. The number of halogens is 3. The molecule has 0 bridgehead atoms. The third-order valence-electron chi connectivity index (χ3n) is 5.44. The summed E-state index contributed by atoms with van der Waals surface area (Å²) in [5, 5.41) is 0. The van der Waals surface area contributed by atoms with Gasteiger partial charge in [-0.2, -0.15) is 13.2 Å². The number of esters is 1. The second-order valence-electron chi connectivity index (χ2n) is 7.43. The van der Waals surface area contributed by atoms with Gasteiger partial charge in [0.05, 0.1) is 23.4 Å². The zero-order valence-corrected chi connectivity index (χ0v) is 16.6. The van der Waals surface area contributed by atoms with Crippen LogP contribution in [0.4, 0.5) is 13.2 Å². The summed E-state index contributed by atoms with van der Waals surface area (Å²) in [6, 6.07) is 16.2. The van der Waals surface area contributed by atoms with E-state index in [9.17, 15) is 18.0 Å². The van der Waals surface area contributed by atoms with E-state index in [0.29, 0.717) is 12.0 Å². The fraction of sp³-hybridized carbons (Fsp3) is 0.292. The number of benzene rings is 2. The minimum Gasteiger partial charge on any atom is -0.462 e. The normalized spacial score (nSPS) is 12.9. The van der Waals surface area contributed by atoms with E-state index in [1.807, 2.05) is 31.2 Å². The lowest BCUT2D eigenvalue weighted by atomic mass is 9.97. The Morgan fingerprint density at radius 3 is 2.37 bits per heavy atom. The molecule has 3 aromatic rings. The lowest BCUT2D eigenvalue weighted by Crippen LogP contribution is -2.18. The van der Waals surface area contributed by atoms with Crippen LogP contribution in [0.1, 0.15) is 52.5 Å². The zero-order chi connectivity index (χ0) is 21.3. The minimum atomic E-state index is -4.67.